The number of pyridine rings is 1. The zero-order valence-electron chi connectivity index (χ0n) is 15.1. The first-order chi connectivity index (χ1) is 12.4. The molecule has 4 rings (SSSR count). The quantitative estimate of drug-likeness (QED) is 0.860. The Morgan fingerprint density at radius 3 is 2.62 bits per heavy atom. The van der Waals surface area contributed by atoms with E-state index < -0.39 is 0 Å². The van der Waals surface area contributed by atoms with Gasteiger partial charge < -0.3 is 11.1 Å². The fraction of sp³-hybridized carbons (Fsp3) is 0.474. The lowest BCUT2D eigenvalue weighted by molar-refractivity contribution is 0.0950. The zero-order chi connectivity index (χ0) is 18.5. The summed E-state index contributed by atoms with van der Waals surface area (Å²) in [6, 6.07) is 1.74. The summed E-state index contributed by atoms with van der Waals surface area (Å²) in [7, 11) is 0. The lowest BCUT2D eigenvalue weighted by atomic mass is 9.80. The molecule has 1 fully saturated rings. The summed E-state index contributed by atoms with van der Waals surface area (Å²) in [5, 5.41) is 3.11. The Hall–Kier alpha value is -2.70. The number of fused-ring (bicyclic) bond motifs is 2. The number of rotatable bonds is 2. The van der Waals surface area contributed by atoms with Crippen LogP contribution in [0.1, 0.15) is 60.1 Å². The summed E-state index contributed by atoms with van der Waals surface area (Å²) in [4.78, 5) is 34.1. The van der Waals surface area contributed by atoms with Crippen molar-refractivity contribution in [3.8, 4) is 0 Å². The summed E-state index contributed by atoms with van der Waals surface area (Å²) in [6.45, 7) is 3.69. The average Bonchev–Trinajstić information content (AvgIpc) is 2.89. The van der Waals surface area contributed by atoms with E-state index in [0.717, 1.165) is 37.7 Å². The van der Waals surface area contributed by atoms with Crippen LogP contribution < -0.4 is 16.6 Å². The molecule has 7 heteroatoms. The van der Waals surface area contributed by atoms with E-state index in [9.17, 15) is 9.59 Å². The number of hydrogen-bond acceptors (Lipinski definition) is 6. The van der Waals surface area contributed by atoms with Crippen molar-refractivity contribution in [2.45, 2.75) is 57.9 Å². The van der Waals surface area contributed by atoms with Gasteiger partial charge in [-0.2, -0.15) is 0 Å². The molecule has 0 saturated heterocycles. The summed E-state index contributed by atoms with van der Waals surface area (Å²) in [5.74, 6) is 0.964. The Bertz CT molecular complexity index is 957. The fourth-order valence-electron chi connectivity index (χ4n) is 4.42. The minimum absolute atomic E-state index is 0.0792. The summed E-state index contributed by atoms with van der Waals surface area (Å²) >= 11 is 0. The van der Waals surface area contributed by atoms with Crippen LogP contribution >= 0.6 is 0 Å². The summed E-state index contributed by atoms with van der Waals surface area (Å²) in [5.41, 5.74) is 7.83. The molecule has 1 aliphatic heterocycles. The highest BCUT2D eigenvalue weighted by molar-refractivity contribution is 5.99. The molecule has 0 radical (unpaired) electrons. The van der Waals surface area contributed by atoms with Gasteiger partial charge in [-0.25, -0.2) is 9.97 Å². The number of ketones is 1. The lowest BCUT2D eigenvalue weighted by Crippen LogP contribution is -2.40. The SMILES string of the molecule is Cc1cc(Nc2ncnc(N)c2C)c(=O)n2c1C(=O)CC21CCCCC1. The van der Waals surface area contributed by atoms with Gasteiger partial charge in [0.05, 0.1) is 11.2 Å². The molecule has 1 saturated carbocycles. The number of nitrogens with one attached hydrogen (secondary N) is 1. The van der Waals surface area contributed by atoms with Crippen molar-refractivity contribution in [1.82, 2.24) is 14.5 Å². The van der Waals surface area contributed by atoms with Crippen molar-refractivity contribution < 1.29 is 4.79 Å². The van der Waals surface area contributed by atoms with Gasteiger partial charge in [0.15, 0.2) is 5.78 Å². The second-order valence-electron chi connectivity index (χ2n) is 7.47. The Balaban J connectivity index is 1.86. The standard InChI is InChI=1S/C19H23N5O2/c1-11-8-13(23-17-12(2)16(20)21-10-22-17)18(26)24-15(11)14(25)9-19(24)6-4-3-5-7-19/h8,10H,3-7,9H2,1-2H3,(H3,20,21,22,23). The van der Waals surface area contributed by atoms with Crippen molar-refractivity contribution in [2.24, 2.45) is 0 Å². The summed E-state index contributed by atoms with van der Waals surface area (Å²) in [6.07, 6.45) is 6.84. The highest BCUT2D eigenvalue weighted by Crippen LogP contribution is 2.43. The topological polar surface area (TPSA) is 103 Å². The smallest absolute Gasteiger partial charge is 0.275 e. The molecular weight excluding hydrogens is 330 g/mol. The number of carbonyl (C=O) groups is 1. The van der Waals surface area contributed by atoms with E-state index in [2.05, 4.69) is 15.3 Å². The number of nitrogens with zero attached hydrogens (tertiary/aromatic N) is 3. The van der Waals surface area contributed by atoms with Gasteiger partial charge in [-0.1, -0.05) is 19.3 Å². The predicted octanol–water partition coefficient (Wildman–Crippen LogP) is 2.83. The van der Waals surface area contributed by atoms with E-state index >= 15 is 0 Å². The molecule has 0 bridgehead atoms. The molecular formula is C19H23N5O2. The molecule has 0 unspecified atom stereocenters. The van der Waals surface area contributed by atoms with Crippen LogP contribution in [0.3, 0.4) is 0 Å². The monoisotopic (exact) mass is 353 g/mol. The highest BCUT2D eigenvalue weighted by Gasteiger charge is 2.45. The summed E-state index contributed by atoms with van der Waals surface area (Å²) < 4.78 is 1.77. The van der Waals surface area contributed by atoms with Gasteiger partial charge in [0, 0.05) is 12.0 Å². The lowest BCUT2D eigenvalue weighted by Gasteiger charge is -2.35. The van der Waals surface area contributed by atoms with Crippen LogP contribution in [0.2, 0.25) is 0 Å². The second kappa shape index (κ2) is 5.93. The highest BCUT2D eigenvalue weighted by atomic mass is 16.1. The molecule has 26 heavy (non-hydrogen) atoms. The van der Waals surface area contributed by atoms with E-state index in [1.54, 1.807) is 10.6 Å². The number of nitrogen functional groups attached to an aromatic ring is 1. The zero-order valence-corrected chi connectivity index (χ0v) is 15.1. The van der Waals surface area contributed by atoms with Crippen LogP contribution in [-0.2, 0) is 5.54 Å². The normalized spacial score (nSPS) is 18.2. The van der Waals surface area contributed by atoms with Crippen LogP contribution in [-0.4, -0.2) is 20.3 Å². The van der Waals surface area contributed by atoms with Crippen LogP contribution in [0.15, 0.2) is 17.2 Å². The molecule has 2 aromatic rings. The molecule has 136 valence electrons. The first kappa shape index (κ1) is 16.8. The van der Waals surface area contributed by atoms with Crippen LogP contribution in [0.25, 0.3) is 0 Å². The molecule has 7 nitrogen and oxygen atoms in total. The number of Topliss-reactive ketones (excluding diaryl/α,β-unsaturated/α-hetero) is 1. The van der Waals surface area contributed by atoms with Gasteiger partial charge in [-0.3, -0.25) is 14.2 Å². The molecule has 1 spiro atoms. The number of hydrogen-bond donors (Lipinski definition) is 2. The van der Waals surface area contributed by atoms with Crippen LogP contribution in [0.5, 0.6) is 0 Å². The van der Waals surface area contributed by atoms with E-state index in [0.29, 0.717) is 35.0 Å². The number of aromatic nitrogens is 3. The second-order valence-corrected chi connectivity index (χ2v) is 7.47. The number of nitrogens with two attached hydrogens (primary N) is 1. The Morgan fingerprint density at radius 2 is 1.88 bits per heavy atom. The minimum atomic E-state index is -0.357. The predicted molar refractivity (Wildman–Crippen MR) is 99.9 cm³/mol. The Kier molecular flexibility index (Phi) is 3.82. The maximum absolute atomic E-state index is 13.3. The maximum Gasteiger partial charge on any atom is 0.275 e. The molecule has 0 aromatic carbocycles. The fourth-order valence-corrected chi connectivity index (χ4v) is 4.42. The largest absolute Gasteiger partial charge is 0.383 e. The van der Waals surface area contributed by atoms with E-state index in [4.69, 9.17) is 5.73 Å². The first-order valence-electron chi connectivity index (χ1n) is 9.07. The van der Waals surface area contributed by atoms with Crippen LogP contribution in [0, 0.1) is 13.8 Å². The van der Waals surface area contributed by atoms with Gasteiger partial charge in [0.1, 0.15) is 23.7 Å². The average molecular weight is 353 g/mol. The maximum atomic E-state index is 13.3. The molecule has 2 aromatic heterocycles. The third kappa shape index (κ3) is 2.41. The van der Waals surface area contributed by atoms with Gasteiger partial charge in [0.2, 0.25) is 0 Å². The Morgan fingerprint density at radius 1 is 1.15 bits per heavy atom. The van der Waals surface area contributed by atoms with E-state index in [-0.39, 0.29) is 16.9 Å². The third-order valence-corrected chi connectivity index (χ3v) is 5.78. The van der Waals surface area contributed by atoms with Gasteiger partial charge >= 0.3 is 0 Å². The first-order valence-corrected chi connectivity index (χ1v) is 9.07. The molecule has 1 aliphatic carbocycles. The number of anilines is 3. The molecule has 3 heterocycles. The van der Waals surface area contributed by atoms with Gasteiger partial charge in [0.25, 0.3) is 5.56 Å². The van der Waals surface area contributed by atoms with Crippen molar-refractivity contribution in [1.29, 1.82) is 0 Å². The van der Waals surface area contributed by atoms with E-state index in [1.807, 2.05) is 13.8 Å². The third-order valence-electron chi connectivity index (χ3n) is 5.78. The number of carbonyl (C=O) groups excluding carboxylic acids is 1. The molecule has 2 aliphatic rings. The van der Waals surface area contributed by atoms with Crippen molar-refractivity contribution >= 4 is 23.1 Å². The van der Waals surface area contributed by atoms with Crippen molar-refractivity contribution in [2.75, 3.05) is 11.1 Å². The molecule has 0 atom stereocenters. The van der Waals surface area contributed by atoms with E-state index in [1.165, 1.54) is 6.33 Å². The molecule has 0 amide bonds. The van der Waals surface area contributed by atoms with Crippen molar-refractivity contribution in [3.63, 3.8) is 0 Å². The van der Waals surface area contributed by atoms with Gasteiger partial charge in [-0.05, 0) is 38.3 Å². The van der Waals surface area contributed by atoms with Gasteiger partial charge in [-0.15, -0.1) is 0 Å². The molecule has 3 N–H and O–H groups in total. The minimum Gasteiger partial charge on any atom is -0.383 e. The number of aryl methyl sites for hydroxylation is 1. The Labute approximate surface area is 151 Å². The van der Waals surface area contributed by atoms with Crippen molar-refractivity contribution in [3.05, 3.63) is 39.6 Å². The van der Waals surface area contributed by atoms with Crippen LogP contribution in [0.4, 0.5) is 17.3 Å².